The van der Waals surface area contributed by atoms with Crippen LogP contribution in [-0.2, 0) is 4.79 Å². The highest BCUT2D eigenvalue weighted by Crippen LogP contribution is 2.33. The van der Waals surface area contributed by atoms with Gasteiger partial charge in [0.1, 0.15) is 5.75 Å². The van der Waals surface area contributed by atoms with Crippen LogP contribution in [0, 0.1) is 0 Å². The maximum Gasteiger partial charge on any atom is 0.220 e. The van der Waals surface area contributed by atoms with Crippen LogP contribution >= 0.6 is 36.4 Å². The van der Waals surface area contributed by atoms with E-state index in [1.54, 1.807) is 7.11 Å². The molecule has 1 saturated heterocycles. The average molecular weight is 385 g/mol. The Balaban J connectivity index is 0.00000242. The molecule has 132 valence electrons. The van der Waals surface area contributed by atoms with Gasteiger partial charge in [-0.1, -0.05) is 11.6 Å². The number of hydrogen-bond acceptors (Lipinski definition) is 4. The molecule has 1 fully saturated rings. The Morgan fingerprint density at radius 2 is 2.22 bits per heavy atom. The van der Waals surface area contributed by atoms with Crippen molar-refractivity contribution >= 4 is 48.0 Å². The molecule has 1 heterocycles. The summed E-state index contributed by atoms with van der Waals surface area (Å²) in [6.07, 6.45) is 2.14. The van der Waals surface area contributed by atoms with E-state index in [9.17, 15) is 4.79 Å². The molecule has 0 spiro atoms. The zero-order chi connectivity index (χ0) is 15.2. The molecule has 1 unspecified atom stereocenters. The molecule has 0 bridgehead atoms. The Kier molecular flexibility index (Phi) is 10.4. The van der Waals surface area contributed by atoms with Gasteiger partial charge in [0, 0.05) is 30.6 Å². The molecule has 1 amide bonds. The molecular weight excluding hydrogens is 361 g/mol. The monoisotopic (exact) mass is 383 g/mol. The number of carbonyl (C=O) groups is 1. The molecule has 0 aliphatic carbocycles. The summed E-state index contributed by atoms with van der Waals surface area (Å²) >= 11 is 6.07. The third kappa shape index (κ3) is 6.26. The van der Waals surface area contributed by atoms with Crippen molar-refractivity contribution in [2.45, 2.75) is 25.3 Å². The van der Waals surface area contributed by atoms with Crippen molar-refractivity contribution in [3.05, 3.63) is 23.2 Å². The fraction of sp³-hybridized carbons (Fsp3) is 0.533. The van der Waals surface area contributed by atoms with Gasteiger partial charge < -0.3 is 20.7 Å². The standard InChI is InChI=1S/C15H22ClN3O2.2ClH/c1-21-14-5-4-11(16)9-13(14)19-8-6-12(10-19)18-15(20)3-2-7-17;;/h4-5,9,12H,2-3,6-8,10,17H2,1H3,(H,18,20);2*1H. The second kappa shape index (κ2) is 10.8. The van der Waals surface area contributed by atoms with Gasteiger partial charge in [-0.05, 0) is 37.6 Å². The first-order valence-corrected chi connectivity index (χ1v) is 7.59. The number of methoxy groups -OCH3 is 1. The van der Waals surface area contributed by atoms with Crippen LogP contribution in [-0.4, -0.2) is 38.7 Å². The van der Waals surface area contributed by atoms with Crippen LogP contribution in [0.5, 0.6) is 5.75 Å². The highest BCUT2D eigenvalue weighted by molar-refractivity contribution is 6.30. The summed E-state index contributed by atoms with van der Waals surface area (Å²) in [6.45, 7) is 2.19. The number of nitrogens with one attached hydrogen (secondary N) is 1. The quantitative estimate of drug-likeness (QED) is 0.791. The van der Waals surface area contributed by atoms with Crippen molar-refractivity contribution in [1.29, 1.82) is 0 Å². The van der Waals surface area contributed by atoms with E-state index in [2.05, 4.69) is 10.2 Å². The molecule has 8 heteroatoms. The van der Waals surface area contributed by atoms with Crippen molar-refractivity contribution in [3.63, 3.8) is 0 Å². The minimum atomic E-state index is 0. The van der Waals surface area contributed by atoms with Gasteiger partial charge in [0.15, 0.2) is 0 Å². The third-order valence-corrected chi connectivity index (χ3v) is 3.88. The van der Waals surface area contributed by atoms with E-state index < -0.39 is 0 Å². The Hall–Kier alpha value is -0.880. The Morgan fingerprint density at radius 3 is 2.87 bits per heavy atom. The van der Waals surface area contributed by atoms with Gasteiger partial charge in [0.25, 0.3) is 0 Å². The molecule has 1 aliphatic rings. The first-order chi connectivity index (χ1) is 10.1. The smallest absolute Gasteiger partial charge is 0.220 e. The maximum absolute atomic E-state index is 11.7. The molecule has 5 nitrogen and oxygen atoms in total. The van der Waals surface area contributed by atoms with E-state index in [0.717, 1.165) is 37.4 Å². The van der Waals surface area contributed by atoms with E-state index in [0.29, 0.717) is 18.0 Å². The van der Waals surface area contributed by atoms with Gasteiger partial charge in [-0.2, -0.15) is 0 Å². The second-order valence-electron chi connectivity index (χ2n) is 5.21. The van der Waals surface area contributed by atoms with Gasteiger partial charge >= 0.3 is 0 Å². The molecule has 1 aromatic rings. The first kappa shape index (κ1) is 22.1. The molecule has 23 heavy (non-hydrogen) atoms. The summed E-state index contributed by atoms with van der Waals surface area (Å²) in [5.41, 5.74) is 6.39. The van der Waals surface area contributed by atoms with E-state index in [4.69, 9.17) is 22.1 Å². The number of ether oxygens (including phenoxy) is 1. The summed E-state index contributed by atoms with van der Waals surface area (Å²) < 4.78 is 5.38. The SMILES string of the molecule is COc1ccc(Cl)cc1N1CCC(NC(=O)CCCN)C1.Cl.Cl. The molecule has 1 aromatic carbocycles. The van der Waals surface area contributed by atoms with Gasteiger partial charge in [-0.3, -0.25) is 4.79 Å². The van der Waals surface area contributed by atoms with Gasteiger partial charge in [-0.25, -0.2) is 0 Å². The zero-order valence-electron chi connectivity index (χ0n) is 13.1. The largest absolute Gasteiger partial charge is 0.495 e. The lowest BCUT2D eigenvalue weighted by molar-refractivity contribution is -0.121. The number of rotatable bonds is 6. The molecular formula is C15H24Cl3N3O2. The molecule has 1 atom stereocenters. The highest BCUT2D eigenvalue weighted by atomic mass is 35.5. The lowest BCUT2D eigenvalue weighted by atomic mass is 10.2. The summed E-state index contributed by atoms with van der Waals surface area (Å²) in [6, 6.07) is 5.74. The summed E-state index contributed by atoms with van der Waals surface area (Å²) in [5, 5.41) is 3.74. The minimum absolute atomic E-state index is 0. The van der Waals surface area contributed by atoms with Crippen molar-refractivity contribution in [2.24, 2.45) is 5.73 Å². The number of halogens is 3. The van der Waals surface area contributed by atoms with Crippen molar-refractivity contribution in [2.75, 3.05) is 31.6 Å². The highest BCUT2D eigenvalue weighted by Gasteiger charge is 2.25. The molecule has 2 rings (SSSR count). The fourth-order valence-corrected chi connectivity index (χ4v) is 2.74. The predicted octanol–water partition coefficient (Wildman–Crippen LogP) is 2.63. The number of anilines is 1. The van der Waals surface area contributed by atoms with Crippen LogP contribution in [0.25, 0.3) is 0 Å². The van der Waals surface area contributed by atoms with Crippen LogP contribution < -0.4 is 20.7 Å². The van der Waals surface area contributed by atoms with Crippen LogP contribution in [0.2, 0.25) is 5.02 Å². The van der Waals surface area contributed by atoms with Crippen LogP contribution in [0.4, 0.5) is 5.69 Å². The molecule has 3 N–H and O–H groups in total. The summed E-state index contributed by atoms with van der Waals surface area (Å²) in [4.78, 5) is 13.9. The number of nitrogens with two attached hydrogens (primary N) is 1. The van der Waals surface area contributed by atoms with Crippen molar-refractivity contribution in [1.82, 2.24) is 5.32 Å². The van der Waals surface area contributed by atoms with Crippen LogP contribution in [0.15, 0.2) is 18.2 Å². The average Bonchev–Trinajstić information content (AvgIpc) is 2.93. The molecule has 0 aromatic heterocycles. The normalized spacial score (nSPS) is 16.3. The van der Waals surface area contributed by atoms with Crippen LogP contribution in [0.3, 0.4) is 0 Å². The number of hydrogen-bond donors (Lipinski definition) is 2. The first-order valence-electron chi connectivity index (χ1n) is 7.22. The number of benzene rings is 1. The van der Waals surface area contributed by atoms with E-state index in [1.165, 1.54) is 0 Å². The van der Waals surface area contributed by atoms with E-state index in [1.807, 2.05) is 18.2 Å². The zero-order valence-corrected chi connectivity index (χ0v) is 15.5. The Bertz CT molecular complexity index is 503. The number of nitrogens with zero attached hydrogens (tertiary/aromatic N) is 1. The van der Waals surface area contributed by atoms with E-state index in [-0.39, 0.29) is 36.8 Å². The maximum atomic E-state index is 11.7. The van der Waals surface area contributed by atoms with Crippen molar-refractivity contribution < 1.29 is 9.53 Å². The van der Waals surface area contributed by atoms with E-state index >= 15 is 0 Å². The van der Waals surface area contributed by atoms with Gasteiger partial charge in [0.2, 0.25) is 5.91 Å². The fourth-order valence-electron chi connectivity index (χ4n) is 2.57. The van der Waals surface area contributed by atoms with Crippen LogP contribution in [0.1, 0.15) is 19.3 Å². The topological polar surface area (TPSA) is 67.6 Å². The van der Waals surface area contributed by atoms with Gasteiger partial charge in [-0.15, -0.1) is 24.8 Å². The summed E-state index contributed by atoms with van der Waals surface area (Å²) in [5.74, 6) is 0.875. The Morgan fingerprint density at radius 1 is 1.48 bits per heavy atom. The number of amides is 1. The van der Waals surface area contributed by atoms with Gasteiger partial charge in [0.05, 0.1) is 12.8 Å². The third-order valence-electron chi connectivity index (χ3n) is 3.64. The lowest BCUT2D eigenvalue weighted by Gasteiger charge is -2.21. The number of carbonyl (C=O) groups excluding carboxylic acids is 1. The Labute approximate surface area is 154 Å². The second-order valence-corrected chi connectivity index (χ2v) is 5.64. The lowest BCUT2D eigenvalue weighted by Crippen LogP contribution is -2.37. The summed E-state index contributed by atoms with van der Waals surface area (Å²) in [7, 11) is 1.65. The molecule has 1 aliphatic heterocycles. The molecule has 0 radical (unpaired) electrons. The minimum Gasteiger partial charge on any atom is -0.495 e. The predicted molar refractivity (Wildman–Crippen MR) is 99.5 cm³/mol. The molecule has 0 saturated carbocycles. The van der Waals surface area contributed by atoms with Crippen molar-refractivity contribution in [3.8, 4) is 5.75 Å².